The van der Waals surface area contributed by atoms with Crippen molar-refractivity contribution in [2.45, 2.75) is 70.6 Å². The molecule has 0 aliphatic carbocycles. The molecule has 1 aromatic carbocycles. The fraction of sp³-hybridized carbons (Fsp3) is 0.375. The fourth-order valence-corrected chi connectivity index (χ4v) is 7.04. The van der Waals surface area contributed by atoms with Crippen LogP contribution >= 0.6 is 0 Å². The van der Waals surface area contributed by atoms with Crippen molar-refractivity contribution in [3.63, 3.8) is 0 Å². The number of rotatable bonds is 5. The van der Waals surface area contributed by atoms with E-state index in [2.05, 4.69) is 45.5 Å². The minimum atomic E-state index is -0.236. The zero-order valence-corrected chi connectivity index (χ0v) is 24.1. The lowest BCUT2D eigenvalue weighted by atomic mass is 9.72. The van der Waals surface area contributed by atoms with Crippen molar-refractivity contribution in [3.8, 4) is 22.4 Å². The molecule has 6 heterocycles. The second-order valence-electron chi connectivity index (χ2n) is 11.7. The smallest absolute Gasteiger partial charge is 0.270 e. The lowest BCUT2D eigenvalue weighted by molar-refractivity contribution is -0.129. The number of hydrogen-bond acceptors (Lipinski definition) is 8. The Labute approximate surface area is 244 Å². The molecule has 10 nitrogen and oxygen atoms in total. The van der Waals surface area contributed by atoms with Gasteiger partial charge >= 0.3 is 0 Å². The molecule has 2 fully saturated rings. The summed E-state index contributed by atoms with van der Waals surface area (Å²) in [6.45, 7) is 6.72. The molecule has 42 heavy (non-hydrogen) atoms. The van der Waals surface area contributed by atoms with Crippen molar-refractivity contribution >= 4 is 29.3 Å². The van der Waals surface area contributed by atoms with Gasteiger partial charge in [0, 0.05) is 52.2 Å². The van der Waals surface area contributed by atoms with Crippen LogP contribution in [0.2, 0.25) is 0 Å². The Kier molecular flexibility index (Phi) is 6.57. The second-order valence-corrected chi connectivity index (χ2v) is 11.7. The topological polar surface area (TPSA) is 109 Å². The van der Waals surface area contributed by atoms with Crippen LogP contribution in [0.5, 0.6) is 0 Å². The van der Waals surface area contributed by atoms with Crippen LogP contribution in [0.3, 0.4) is 0 Å². The van der Waals surface area contributed by atoms with Gasteiger partial charge in [-0.25, -0.2) is 4.98 Å². The first-order valence-corrected chi connectivity index (χ1v) is 14.6. The van der Waals surface area contributed by atoms with Gasteiger partial charge in [-0.2, -0.15) is 19.8 Å². The van der Waals surface area contributed by atoms with Gasteiger partial charge in [0.25, 0.3) is 5.91 Å². The zero-order chi connectivity index (χ0) is 28.8. The highest BCUT2D eigenvalue weighted by molar-refractivity contribution is 6.38. The summed E-state index contributed by atoms with van der Waals surface area (Å²) in [5.74, 6) is 0.906. The van der Waals surface area contributed by atoms with Crippen LogP contribution in [0.15, 0.2) is 65.1 Å². The molecular formula is C32H34N8O2. The Balaban J connectivity index is 1.27. The summed E-state index contributed by atoms with van der Waals surface area (Å²) in [6, 6.07) is 14.5. The molecule has 10 heteroatoms. The number of nitrogens with one attached hydrogen (secondary N) is 1. The van der Waals surface area contributed by atoms with Gasteiger partial charge < -0.3 is 15.0 Å². The number of ether oxygens (including phenoxy) is 1. The molecule has 3 aliphatic heterocycles. The number of pyridine rings is 1. The first-order chi connectivity index (χ1) is 20.5. The van der Waals surface area contributed by atoms with Crippen LogP contribution in [0, 0.1) is 0 Å². The van der Waals surface area contributed by atoms with Crippen LogP contribution in [-0.2, 0) is 21.6 Å². The van der Waals surface area contributed by atoms with Crippen molar-refractivity contribution in [2.24, 2.45) is 10.2 Å². The lowest BCUT2D eigenvalue weighted by Crippen LogP contribution is -2.53. The van der Waals surface area contributed by atoms with Crippen LogP contribution in [0.1, 0.15) is 57.7 Å². The third-order valence-electron chi connectivity index (χ3n) is 8.91. The number of piperidine rings is 1. The van der Waals surface area contributed by atoms with Crippen molar-refractivity contribution < 1.29 is 9.53 Å². The maximum atomic E-state index is 13.4. The second kappa shape index (κ2) is 10.4. The number of amides is 1. The van der Waals surface area contributed by atoms with Gasteiger partial charge in [0.2, 0.25) is 0 Å². The van der Waals surface area contributed by atoms with E-state index in [1.54, 1.807) is 20.1 Å². The predicted molar refractivity (Wildman–Crippen MR) is 162 cm³/mol. The first-order valence-electron chi connectivity index (χ1n) is 14.6. The van der Waals surface area contributed by atoms with Crippen LogP contribution in [0.4, 0.5) is 5.82 Å². The highest BCUT2D eigenvalue weighted by Crippen LogP contribution is 2.49. The number of hydrogen-bond donors (Lipinski definition) is 1. The SMILES string of the molecule is C/C=N\N=C(/C)C(=O)N1C2CCC1CC(C)(c1nc3c(-c4ccc(-c5ccccc5)nc4)cnn3c3c1COCN3)C2. The first kappa shape index (κ1) is 26.5. The monoisotopic (exact) mass is 562 g/mol. The number of aromatic nitrogens is 4. The normalized spacial score (nSPS) is 23.8. The van der Waals surface area contributed by atoms with E-state index in [1.165, 1.54) is 0 Å². The van der Waals surface area contributed by atoms with Gasteiger partial charge in [-0.15, -0.1) is 0 Å². The maximum Gasteiger partial charge on any atom is 0.270 e. The molecule has 1 amide bonds. The van der Waals surface area contributed by atoms with E-state index in [9.17, 15) is 4.79 Å². The Morgan fingerprint density at radius 2 is 1.88 bits per heavy atom. The largest absolute Gasteiger partial charge is 0.356 e. The van der Waals surface area contributed by atoms with Crippen LogP contribution < -0.4 is 5.32 Å². The average molecular weight is 563 g/mol. The van der Waals surface area contributed by atoms with Crippen molar-refractivity contribution in [1.29, 1.82) is 0 Å². The lowest BCUT2D eigenvalue weighted by Gasteiger charge is -2.45. The van der Waals surface area contributed by atoms with E-state index in [4.69, 9.17) is 19.8 Å². The molecule has 4 aromatic rings. The molecule has 7 rings (SSSR count). The molecule has 2 atom stereocenters. The zero-order valence-electron chi connectivity index (χ0n) is 24.1. The van der Waals surface area contributed by atoms with Gasteiger partial charge in [0.05, 0.1) is 24.2 Å². The highest BCUT2D eigenvalue weighted by atomic mass is 16.5. The van der Waals surface area contributed by atoms with Gasteiger partial charge in [-0.3, -0.25) is 9.78 Å². The third kappa shape index (κ3) is 4.37. The van der Waals surface area contributed by atoms with Crippen molar-refractivity contribution in [1.82, 2.24) is 24.5 Å². The molecule has 3 aliphatic rings. The number of carbonyl (C=O) groups is 1. The van der Waals surface area contributed by atoms with Gasteiger partial charge in [0.1, 0.15) is 18.3 Å². The van der Waals surface area contributed by atoms with E-state index in [0.717, 1.165) is 70.8 Å². The summed E-state index contributed by atoms with van der Waals surface area (Å²) >= 11 is 0. The molecule has 0 spiro atoms. The summed E-state index contributed by atoms with van der Waals surface area (Å²) in [6.07, 6.45) is 8.97. The van der Waals surface area contributed by atoms with Crippen molar-refractivity contribution in [3.05, 3.63) is 66.1 Å². The molecule has 0 saturated carbocycles. The molecular weight excluding hydrogens is 528 g/mol. The van der Waals surface area contributed by atoms with E-state index in [0.29, 0.717) is 19.0 Å². The summed E-state index contributed by atoms with van der Waals surface area (Å²) < 4.78 is 7.77. The Bertz CT molecular complexity index is 1700. The summed E-state index contributed by atoms with van der Waals surface area (Å²) in [4.78, 5) is 25.5. The average Bonchev–Trinajstić information content (AvgIpc) is 3.58. The summed E-state index contributed by atoms with van der Waals surface area (Å²) in [7, 11) is 0. The number of fused-ring (bicyclic) bond motifs is 5. The molecule has 2 bridgehead atoms. The molecule has 1 N–H and O–H groups in total. The molecule has 3 aromatic heterocycles. The highest BCUT2D eigenvalue weighted by Gasteiger charge is 2.50. The number of anilines is 1. The van der Waals surface area contributed by atoms with E-state index >= 15 is 0 Å². The molecule has 2 unspecified atom stereocenters. The van der Waals surface area contributed by atoms with E-state index in [1.807, 2.05) is 41.2 Å². The Morgan fingerprint density at radius 3 is 2.60 bits per heavy atom. The van der Waals surface area contributed by atoms with Crippen LogP contribution in [0.25, 0.3) is 28.0 Å². The number of carbonyl (C=O) groups excluding carboxylic acids is 1. The molecule has 0 radical (unpaired) electrons. The summed E-state index contributed by atoms with van der Waals surface area (Å²) in [5.41, 5.74) is 6.95. The minimum Gasteiger partial charge on any atom is -0.356 e. The summed E-state index contributed by atoms with van der Waals surface area (Å²) in [5, 5.41) is 16.2. The van der Waals surface area contributed by atoms with E-state index in [-0.39, 0.29) is 23.4 Å². The Hall–Kier alpha value is -4.44. The minimum absolute atomic E-state index is 0.0184. The quantitative estimate of drug-likeness (QED) is 0.263. The van der Waals surface area contributed by atoms with Gasteiger partial charge in [-0.1, -0.05) is 43.3 Å². The van der Waals surface area contributed by atoms with Crippen LogP contribution in [-0.4, -0.2) is 61.1 Å². The number of nitrogens with zero attached hydrogens (tertiary/aromatic N) is 7. The maximum absolute atomic E-state index is 13.4. The molecule has 2 saturated heterocycles. The predicted octanol–water partition coefficient (Wildman–Crippen LogP) is 5.24. The standard InChI is InChI=1S/C32H34N8O2/c1-4-35-38-20(2)31(41)39-23-11-12-24(39)15-32(3,14-23)28-26-18-42-19-34-29(26)40-30(37-28)25(17-36-40)22-10-13-27(33-16-22)21-8-6-5-7-9-21/h4-10,13,16-17,23-24,34H,11-12,14-15,18-19H2,1-3H3/b35-4-,38-20+. The molecule has 214 valence electrons. The fourth-order valence-electron chi connectivity index (χ4n) is 7.04. The van der Waals surface area contributed by atoms with Crippen molar-refractivity contribution in [2.75, 3.05) is 12.0 Å². The van der Waals surface area contributed by atoms with Gasteiger partial charge in [-0.05, 0) is 45.6 Å². The number of benzene rings is 1. The van der Waals surface area contributed by atoms with Gasteiger partial charge in [0.15, 0.2) is 5.65 Å². The third-order valence-corrected chi connectivity index (χ3v) is 8.91. The Morgan fingerprint density at radius 1 is 1.10 bits per heavy atom. The van der Waals surface area contributed by atoms with E-state index < -0.39 is 0 Å².